The molecule has 0 unspecified atom stereocenters. The van der Waals surface area contributed by atoms with E-state index in [2.05, 4.69) is 41.1 Å². The first kappa shape index (κ1) is 38.1. The second-order valence-electron chi connectivity index (χ2n) is 12.6. The van der Waals surface area contributed by atoms with E-state index in [0.717, 1.165) is 11.3 Å². The number of benzene rings is 2. The monoisotopic (exact) mass is 761 g/mol. The van der Waals surface area contributed by atoms with E-state index < -0.39 is 36.0 Å². The Kier molecular flexibility index (Phi) is 12.1. The lowest BCUT2D eigenvalue weighted by molar-refractivity contribution is -0.154. The third-order valence-electron chi connectivity index (χ3n) is 7.46. The van der Waals surface area contributed by atoms with Crippen molar-refractivity contribution in [3.8, 4) is 11.8 Å². The van der Waals surface area contributed by atoms with Crippen LogP contribution in [0.3, 0.4) is 0 Å². The molecule has 4 aliphatic rings. The van der Waals surface area contributed by atoms with E-state index in [9.17, 15) is 27.6 Å². The number of carbonyl (C=O) groups excluding carboxylic acids is 3. The fourth-order valence-corrected chi connectivity index (χ4v) is 5.85. The molecule has 0 radical (unpaired) electrons. The van der Waals surface area contributed by atoms with Gasteiger partial charge in [0.25, 0.3) is 5.91 Å². The zero-order valence-corrected chi connectivity index (χ0v) is 29.9. The highest BCUT2D eigenvalue weighted by Gasteiger charge is 2.31. The molecular weight excluding hydrogens is 727 g/mol. The summed E-state index contributed by atoms with van der Waals surface area (Å²) in [5.41, 5.74) is 1.04. The van der Waals surface area contributed by atoms with E-state index >= 15 is 0 Å². The van der Waals surface area contributed by atoms with Gasteiger partial charge in [0.1, 0.15) is 16.6 Å². The van der Waals surface area contributed by atoms with Crippen LogP contribution in [-0.4, -0.2) is 86.8 Å². The molecule has 14 nitrogen and oxygen atoms in total. The number of rotatable bonds is 3. The van der Waals surface area contributed by atoms with Crippen LogP contribution in [0.5, 0.6) is 11.8 Å². The number of hydrogen-bond donors (Lipinski definition) is 3. The molecule has 52 heavy (non-hydrogen) atoms. The highest BCUT2D eigenvalue weighted by Crippen LogP contribution is 2.27. The van der Waals surface area contributed by atoms with Crippen LogP contribution in [0.15, 0.2) is 42.5 Å². The molecule has 0 atom stereocenters. The quantitative estimate of drug-likeness (QED) is 0.244. The lowest BCUT2D eigenvalue weighted by Crippen LogP contribution is -2.48. The second kappa shape index (κ2) is 16.5. The first-order chi connectivity index (χ1) is 24.6. The first-order valence-corrected chi connectivity index (χ1v) is 17.2. The molecule has 0 saturated heterocycles. The van der Waals surface area contributed by atoms with Crippen molar-refractivity contribution in [2.45, 2.75) is 46.3 Å². The molecule has 6 heterocycles. The number of aromatic nitrogens is 5. The van der Waals surface area contributed by atoms with Gasteiger partial charge in [0.15, 0.2) is 6.61 Å². The van der Waals surface area contributed by atoms with Crippen molar-refractivity contribution < 1.29 is 37.0 Å². The number of hydrogen-bond acceptors (Lipinski definition) is 12. The zero-order valence-electron chi connectivity index (χ0n) is 28.3. The smallest absolute Gasteiger partial charge is 0.422 e. The Hall–Kier alpha value is -5.10. The average molecular weight is 762 g/mol. The number of nitrogens with zero attached hydrogens (tertiary/aromatic N) is 6. The largest absolute Gasteiger partial charge is 0.492 e. The summed E-state index contributed by atoms with van der Waals surface area (Å²) in [7, 11) is 0. The van der Waals surface area contributed by atoms with Gasteiger partial charge in [-0.05, 0) is 54.2 Å². The Labute approximate surface area is 305 Å². The van der Waals surface area contributed by atoms with E-state index in [1.807, 2.05) is 13.8 Å². The standard InChI is InChI=1S/C33H35ClF3N9O5S/c1-19-44-45-31(52-19)42-27(48)28(49)46-11-4-12-50-24-10-7-21(13-23(24)34)15-38-29-40-25(41-30(43-29)51-18-33(35,36)37)14-20-5-8-22(9-6-20)26(47)39-16-32(2,3)17-46/h5-10,13H,4,11-12,14-18H2,1-3H3,(H,39,47)(H,42,45,48)(H,38,40,41,43). The molecule has 0 spiro atoms. The average Bonchev–Trinajstić information content (AvgIpc) is 3.50. The Morgan fingerprint density at radius 1 is 1.08 bits per heavy atom. The van der Waals surface area contributed by atoms with Crippen LogP contribution >= 0.6 is 22.9 Å². The summed E-state index contributed by atoms with van der Waals surface area (Å²) in [5.74, 6) is -1.52. The van der Waals surface area contributed by atoms with Crippen molar-refractivity contribution in [2.75, 3.05) is 43.5 Å². The van der Waals surface area contributed by atoms with Crippen LogP contribution in [0.25, 0.3) is 0 Å². The maximum atomic E-state index is 13.4. The zero-order chi connectivity index (χ0) is 37.5. The van der Waals surface area contributed by atoms with E-state index in [4.69, 9.17) is 21.1 Å². The number of aryl methyl sites for hydroxylation is 1. The van der Waals surface area contributed by atoms with Crippen molar-refractivity contribution in [3.63, 3.8) is 0 Å². The maximum Gasteiger partial charge on any atom is 0.422 e. The van der Waals surface area contributed by atoms with Gasteiger partial charge >= 0.3 is 24.0 Å². The summed E-state index contributed by atoms with van der Waals surface area (Å²) < 4.78 is 49.4. The van der Waals surface area contributed by atoms with Gasteiger partial charge in [-0.15, -0.1) is 10.2 Å². The fourth-order valence-electron chi connectivity index (χ4n) is 5.00. The summed E-state index contributed by atoms with van der Waals surface area (Å²) in [6.07, 6.45) is -4.16. The molecule has 3 N–H and O–H groups in total. The molecular formula is C33H35ClF3N9O5S. The van der Waals surface area contributed by atoms with Crippen molar-refractivity contribution in [3.05, 3.63) is 75.0 Å². The fraction of sp³-hybridized carbons (Fsp3) is 0.394. The molecule has 4 aliphatic heterocycles. The van der Waals surface area contributed by atoms with Crippen molar-refractivity contribution in [1.82, 2.24) is 35.4 Å². The number of nitrogens with one attached hydrogen (secondary N) is 3. The van der Waals surface area contributed by atoms with Crippen LogP contribution in [0, 0.1) is 12.3 Å². The number of amides is 3. The summed E-state index contributed by atoms with van der Waals surface area (Å²) >= 11 is 7.64. The van der Waals surface area contributed by atoms with E-state index in [1.165, 1.54) is 4.90 Å². The number of anilines is 2. The second-order valence-corrected chi connectivity index (χ2v) is 14.2. The van der Waals surface area contributed by atoms with Crippen LogP contribution in [0.2, 0.25) is 5.02 Å². The summed E-state index contributed by atoms with van der Waals surface area (Å²) in [4.78, 5) is 53.3. The minimum atomic E-state index is -4.60. The third kappa shape index (κ3) is 11.2. The molecule has 2 aromatic heterocycles. The topological polar surface area (TPSA) is 173 Å². The molecule has 4 aromatic rings. The van der Waals surface area contributed by atoms with Crippen molar-refractivity contribution in [1.29, 1.82) is 0 Å². The minimum absolute atomic E-state index is 0.0158. The number of carbonyl (C=O) groups is 3. The Balaban J connectivity index is 1.38. The normalized spacial score (nSPS) is 15.5. The molecule has 0 saturated carbocycles. The molecule has 8 rings (SSSR count). The predicted octanol–water partition coefficient (Wildman–Crippen LogP) is 4.83. The Morgan fingerprint density at radius 3 is 2.52 bits per heavy atom. The van der Waals surface area contributed by atoms with Gasteiger partial charge in [-0.25, -0.2) is 0 Å². The lowest BCUT2D eigenvalue weighted by Gasteiger charge is -2.32. The molecule has 3 amide bonds. The third-order valence-corrected chi connectivity index (χ3v) is 8.51. The molecule has 0 fully saturated rings. The molecule has 6 bridgehead atoms. The molecule has 0 aliphatic carbocycles. The molecule has 276 valence electrons. The maximum absolute atomic E-state index is 13.4. The highest BCUT2D eigenvalue weighted by atomic mass is 35.5. The van der Waals surface area contributed by atoms with Gasteiger partial charge in [-0.3, -0.25) is 19.7 Å². The van der Waals surface area contributed by atoms with Gasteiger partial charge in [-0.2, -0.15) is 28.1 Å². The molecule has 2 aromatic carbocycles. The van der Waals surface area contributed by atoms with Crippen LogP contribution in [0.4, 0.5) is 24.3 Å². The molecule has 19 heteroatoms. The Morgan fingerprint density at radius 2 is 1.83 bits per heavy atom. The van der Waals surface area contributed by atoms with Gasteiger partial charge in [-0.1, -0.05) is 55.0 Å². The van der Waals surface area contributed by atoms with Crippen LogP contribution in [0.1, 0.15) is 52.6 Å². The number of ether oxygens (including phenoxy) is 2. The van der Waals surface area contributed by atoms with Gasteiger partial charge in [0, 0.05) is 38.2 Å². The lowest BCUT2D eigenvalue weighted by atomic mass is 9.92. The van der Waals surface area contributed by atoms with E-state index in [1.54, 1.807) is 49.4 Å². The van der Waals surface area contributed by atoms with Gasteiger partial charge < -0.3 is 25.0 Å². The number of alkyl halides is 3. The summed E-state index contributed by atoms with van der Waals surface area (Å²) in [5, 5.41) is 17.2. The van der Waals surface area contributed by atoms with E-state index in [-0.39, 0.29) is 62.0 Å². The highest BCUT2D eigenvalue weighted by molar-refractivity contribution is 7.15. The summed E-state index contributed by atoms with van der Waals surface area (Å²) in [6, 6.07) is 11.1. The minimum Gasteiger partial charge on any atom is -0.492 e. The first-order valence-electron chi connectivity index (χ1n) is 16.0. The predicted molar refractivity (Wildman–Crippen MR) is 185 cm³/mol. The van der Waals surface area contributed by atoms with Crippen molar-refractivity contribution >= 4 is 51.7 Å². The number of halogens is 4. The SMILES string of the molecule is Cc1nnc(NC(=O)C(=O)N2CCCOc3ccc(cc3Cl)CNc3nc(nc(OCC(F)(F)F)n3)Cc3ccc(cc3)C(=O)NCC(C)(C)C2)s1. The van der Waals surface area contributed by atoms with Crippen LogP contribution in [-0.2, 0) is 22.6 Å². The van der Waals surface area contributed by atoms with Crippen LogP contribution < -0.4 is 25.4 Å². The summed E-state index contributed by atoms with van der Waals surface area (Å²) in [6.45, 7) is 4.60. The van der Waals surface area contributed by atoms with Gasteiger partial charge in [0.2, 0.25) is 11.1 Å². The van der Waals surface area contributed by atoms with E-state index in [0.29, 0.717) is 38.9 Å². The Bertz CT molecular complexity index is 1910. The van der Waals surface area contributed by atoms with Gasteiger partial charge in [0.05, 0.1) is 11.6 Å². The van der Waals surface area contributed by atoms with Crippen molar-refractivity contribution in [2.24, 2.45) is 5.41 Å².